The van der Waals surface area contributed by atoms with Crippen LogP contribution in [0.3, 0.4) is 0 Å². The summed E-state index contributed by atoms with van der Waals surface area (Å²) in [6, 6.07) is 8.35. The Morgan fingerprint density at radius 2 is 1.86 bits per heavy atom. The SMILES string of the molecule is COc1cc2c3ccc4c(c3n(C/C(I)=C\I)c2cc1OC)C=CC(C)(C)O4. The monoisotopic (exact) mass is 601 g/mol. The van der Waals surface area contributed by atoms with Crippen LogP contribution >= 0.6 is 45.2 Å². The van der Waals surface area contributed by atoms with Crippen LogP contribution in [0.25, 0.3) is 27.9 Å². The fourth-order valence-corrected chi connectivity index (χ4v) is 4.26. The van der Waals surface area contributed by atoms with E-state index in [4.69, 9.17) is 14.2 Å². The summed E-state index contributed by atoms with van der Waals surface area (Å²) in [5.74, 6) is 2.38. The lowest BCUT2D eigenvalue weighted by molar-refractivity contribution is 0.159. The quantitative estimate of drug-likeness (QED) is 0.312. The van der Waals surface area contributed by atoms with Crippen LogP contribution in [0.4, 0.5) is 0 Å². The third kappa shape index (κ3) is 3.28. The van der Waals surface area contributed by atoms with Crippen molar-refractivity contribution in [3.8, 4) is 17.2 Å². The highest BCUT2D eigenvalue weighted by Crippen LogP contribution is 2.43. The normalized spacial score (nSPS) is 15.6. The Morgan fingerprint density at radius 3 is 2.54 bits per heavy atom. The van der Waals surface area contributed by atoms with Crippen molar-refractivity contribution < 1.29 is 14.2 Å². The Kier molecular flexibility index (Phi) is 5.28. The molecule has 0 saturated carbocycles. The van der Waals surface area contributed by atoms with Crippen molar-refractivity contribution in [3.05, 3.63) is 43.6 Å². The third-order valence-corrected chi connectivity index (χ3v) is 7.58. The van der Waals surface area contributed by atoms with E-state index >= 15 is 0 Å². The first-order chi connectivity index (χ1) is 13.4. The van der Waals surface area contributed by atoms with Gasteiger partial charge in [-0.2, -0.15) is 0 Å². The zero-order valence-corrected chi connectivity index (χ0v) is 20.5. The van der Waals surface area contributed by atoms with Gasteiger partial charge < -0.3 is 18.8 Å². The molecule has 4 rings (SSSR count). The molecule has 0 bridgehead atoms. The average molecular weight is 601 g/mol. The lowest BCUT2D eigenvalue weighted by atomic mass is 10.00. The van der Waals surface area contributed by atoms with E-state index in [1.54, 1.807) is 14.2 Å². The van der Waals surface area contributed by atoms with Crippen LogP contribution < -0.4 is 14.2 Å². The van der Waals surface area contributed by atoms with Gasteiger partial charge >= 0.3 is 0 Å². The van der Waals surface area contributed by atoms with Gasteiger partial charge in [0.1, 0.15) is 11.4 Å². The molecule has 0 unspecified atom stereocenters. The van der Waals surface area contributed by atoms with Crippen molar-refractivity contribution in [1.82, 2.24) is 4.57 Å². The molecule has 0 aliphatic carbocycles. The first-order valence-corrected chi connectivity index (χ1v) is 11.2. The van der Waals surface area contributed by atoms with Crippen molar-refractivity contribution in [3.63, 3.8) is 0 Å². The highest BCUT2D eigenvalue weighted by molar-refractivity contribution is 14.1. The fourth-order valence-electron chi connectivity index (χ4n) is 3.73. The van der Waals surface area contributed by atoms with Crippen LogP contribution in [0.1, 0.15) is 19.4 Å². The van der Waals surface area contributed by atoms with Gasteiger partial charge in [0.25, 0.3) is 0 Å². The maximum absolute atomic E-state index is 6.23. The van der Waals surface area contributed by atoms with Gasteiger partial charge in [0.15, 0.2) is 11.5 Å². The summed E-state index contributed by atoms with van der Waals surface area (Å²) in [6.45, 7) is 4.93. The standard InChI is InChI=1S/C22H21I2NO3/c1-22(2)8-7-15-18(28-22)6-5-14-16-9-19(26-3)20(27-4)10-17(16)25(21(14)15)12-13(24)11-23/h5-11H,12H2,1-4H3/b13-11+. The van der Waals surface area contributed by atoms with E-state index in [1.807, 2.05) is 0 Å². The number of hydrogen-bond acceptors (Lipinski definition) is 3. The van der Waals surface area contributed by atoms with Gasteiger partial charge in [-0.1, -0.05) is 22.6 Å². The van der Waals surface area contributed by atoms with Crippen LogP contribution in [0.15, 0.2) is 38.0 Å². The smallest absolute Gasteiger partial charge is 0.162 e. The van der Waals surface area contributed by atoms with Crippen LogP contribution in [0.2, 0.25) is 0 Å². The van der Waals surface area contributed by atoms with Gasteiger partial charge in [-0.25, -0.2) is 0 Å². The summed E-state index contributed by atoms with van der Waals surface area (Å²) >= 11 is 4.69. The van der Waals surface area contributed by atoms with Crippen LogP contribution in [-0.4, -0.2) is 24.4 Å². The molecule has 0 saturated heterocycles. The first kappa shape index (κ1) is 19.9. The number of halogens is 2. The molecule has 0 N–H and O–H groups in total. The maximum Gasteiger partial charge on any atom is 0.162 e. The van der Waals surface area contributed by atoms with Crippen molar-refractivity contribution in [2.45, 2.75) is 26.0 Å². The number of fused-ring (bicyclic) bond motifs is 5. The number of methoxy groups -OCH3 is 2. The zero-order valence-electron chi connectivity index (χ0n) is 16.2. The molecule has 28 heavy (non-hydrogen) atoms. The molecular formula is C22H21I2NO3. The van der Waals surface area contributed by atoms with Crippen LogP contribution in [-0.2, 0) is 6.54 Å². The van der Waals surface area contributed by atoms with E-state index in [2.05, 4.69) is 104 Å². The van der Waals surface area contributed by atoms with Crippen molar-refractivity contribution >= 4 is 73.1 Å². The molecule has 0 spiro atoms. The molecule has 2 aromatic carbocycles. The molecular weight excluding hydrogens is 580 g/mol. The molecule has 4 nitrogen and oxygen atoms in total. The van der Waals surface area contributed by atoms with E-state index < -0.39 is 0 Å². The highest BCUT2D eigenvalue weighted by Gasteiger charge is 2.26. The molecule has 0 fully saturated rings. The Balaban J connectivity index is 2.12. The van der Waals surface area contributed by atoms with Gasteiger partial charge in [-0.05, 0) is 70.9 Å². The predicted octanol–water partition coefficient (Wildman–Crippen LogP) is 6.71. The van der Waals surface area contributed by atoms with Gasteiger partial charge in [0.05, 0.1) is 31.8 Å². The Hall–Kier alpha value is -1.42. The number of rotatable bonds is 4. The molecule has 6 heteroatoms. The average Bonchev–Trinajstić information content (AvgIpc) is 2.98. The van der Waals surface area contributed by atoms with Gasteiger partial charge in [-0.15, -0.1) is 0 Å². The summed E-state index contributed by atoms with van der Waals surface area (Å²) in [5, 5.41) is 2.33. The summed E-state index contributed by atoms with van der Waals surface area (Å²) in [5.41, 5.74) is 3.10. The minimum absolute atomic E-state index is 0.305. The summed E-state index contributed by atoms with van der Waals surface area (Å²) in [7, 11) is 3.34. The van der Waals surface area contributed by atoms with Crippen molar-refractivity contribution in [2.75, 3.05) is 14.2 Å². The van der Waals surface area contributed by atoms with E-state index in [0.717, 1.165) is 40.3 Å². The summed E-state index contributed by atoms with van der Waals surface area (Å²) in [4.78, 5) is 0. The van der Waals surface area contributed by atoms with E-state index in [-0.39, 0.29) is 5.60 Å². The Labute approximate surface area is 191 Å². The fraction of sp³-hybridized carbons (Fsp3) is 0.273. The summed E-state index contributed by atoms with van der Waals surface area (Å²) < 4.78 is 23.1. The molecule has 0 radical (unpaired) electrons. The van der Waals surface area contributed by atoms with Gasteiger partial charge in [0, 0.05) is 26.0 Å². The Morgan fingerprint density at radius 1 is 1.14 bits per heavy atom. The molecule has 2 heterocycles. The number of benzene rings is 2. The van der Waals surface area contributed by atoms with E-state index in [0.29, 0.717) is 0 Å². The number of nitrogens with zero attached hydrogens (tertiary/aromatic N) is 1. The summed E-state index contributed by atoms with van der Waals surface area (Å²) in [6.07, 6.45) is 4.31. The molecule has 1 aliphatic rings. The minimum Gasteiger partial charge on any atom is -0.493 e. The molecule has 146 valence electrons. The number of aromatic nitrogens is 1. The lowest BCUT2D eigenvalue weighted by Crippen LogP contribution is -2.27. The van der Waals surface area contributed by atoms with E-state index in [1.165, 1.54) is 14.5 Å². The third-order valence-electron chi connectivity index (χ3n) is 4.98. The van der Waals surface area contributed by atoms with Gasteiger partial charge in [-0.3, -0.25) is 0 Å². The topological polar surface area (TPSA) is 32.6 Å². The molecule has 1 aliphatic heterocycles. The minimum atomic E-state index is -0.305. The van der Waals surface area contributed by atoms with Crippen molar-refractivity contribution in [1.29, 1.82) is 0 Å². The first-order valence-electron chi connectivity index (χ1n) is 8.92. The highest BCUT2D eigenvalue weighted by atomic mass is 127. The maximum atomic E-state index is 6.23. The predicted molar refractivity (Wildman–Crippen MR) is 132 cm³/mol. The second kappa shape index (κ2) is 7.44. The Bertz CT molecular complexity index is 1140. The number of hydrogen-bond donors (Lipinski definition) is 0. The number of ether oxygens (including phenoxy) is 3. The largest absolute Gasteiger partial charge is 0.493 e. The molecule has 3 aromatic rings. The number of allylic oxidation sites excluding steroid dienone is 1. The molecule has 0 atom stereocenters. The zero-order chi connectivity index (χ0) is 20.1. The second-order valence-corrected chi connectivity index (χ2v) is 9.29. The lowest BCUT2D eigenvalue weighted by Gasteiger charge is -2.28. The second-order valence-electron chi connectivity index (χ2n) is 7.28. The van der Waals surface area contributed by atoms with Gasteiger partial charge in [0.2, 0.25) is 0 Å². The molecule has 1 aromatic heterocycles. The molecule has 0 amide bonds. The van der Waals surface area contributed by atoms with E-state index in [9.17, 15) is 0 Å². The van der Waals surface area contributed by atoms with Crippen LogP contribution in [0.5, 0.6) is 17.2 Å². The van der Waals surface area contributed by atoms with Crippen LogP contribution in [0, 0.1) is 0 Å². The van der Waals surface area contributed by atoms with Crippen molar-refractivity contribution in [2.24, 2.45) is 0 Å².